The molecule has 1 aliphatic heterocycles. The first-order chi connectivity index (χ1) is 10.3. The summed E-state index contributed by atoms with van der Waals surface area (Å²) in [5, 5.41) is 46.8. The van der Waals surface area contributed by atoms with E-state index in [1.807, 2.05) is 0 Å². The van der Waals surface area contributed by atoms with Crippen molar-refractivity contribution in [1.29, 1.82) is 0 Å². The van der Waals surface area contributed by atoms with Crippen LogP contribution in [0.15, 0.2) is 0 Å². The summed E-state index contributed by atoms with van der Waals surface area (Å²) >= 11 is 1.04. The lowest BCUT2D eigenvalue weighted by Crippen LogP contribution is -2.55. The van der Waals surface area contributed by atoms with Crippen molar-refractivity contribution < 1.29 is 39.9 Å². The minimum atomic E-state index is -1.81. The van der Waals surface area contributed by atoms with Gasteiger partial charge in [-0.3, -0.25) is 4.79 Å². The van der Waals surface area contributed by atoms with Gasteiger partial charge in [0.15, 0.2) is 0 Å². The Labute approximate surface area is 131 Å². The summed E-state index contributed by atoms with van der Waals surface area (Å²) in [6.07, 6.45) is -6.87. The smallest absolute Gasteiger partial charge is 0.329 e. The quantitative estimate of drug-likeness (QED) is 0.317. The molecule has 1 rings (SSSR count). The molecule has 9 nitrogen and oxygen atoms in total. The fourth-order valence-electron chi connectivity index (χ4n) is 2.21. The van der Waals surface area contributed by atoms with Crippen molar-refractivity contribution in [2.24, 2.45) is 0 Å². The summed E-state index contributed by atoms with van der Waals surface area (Å²) in [6.45, 7) is 0.400. The Morgan fingerprint density at radius 3 is 2.32 bits per heavy atom. The van der Waals surface area contributed by atoms with Gasteiger partial charge in [-0.2, -0.15) is 0 Å². The zero-order chi connectivity index (χ0) is 17.0. The average Bonchev–Trinajstić information content (AvgIpc) is 2.96. The van der Waals surface area contributed by atoms with Gasteiger partial charge in [-0.1, -0.05) is 0 Å². The third kappa shape index (κ3) is 3.89. The van der Waals surface area contributed by atoms with Crippen LogP contribution < -0.4 is 0 Å². The van der Waals surface area contributed by atoms with Crippen LogP contribution in [-0.4, -0.2) is 97.6 Å². The molecule has 0 radical (unpaired) electrons. The third-order valence-electron chi connectivity index (χ3n) is 3.44. The first kappa shape index (κ1) is 19.1. The maximum Gasteiger partial charge on any atom is 0.329 e. The molecule has 0 saturated carbocycles. The van der Waals surface area contributed by atoms with Crippen molar-refractivity contribution in [3.05, 3.63) is 0 Å². The number of amides is 1. The number of aliphatic hydroxyl groups is 5. The number of hydrogen-bond donors (Lipinski definition) is 5. The van der Waals surface area contributed by atoms with E-state index in [2.05, 4.69) is 4.74 Å². The fraction of sp³-hybridized carbons (Fsp3) is 0.833. The molecule has 10 heteroatoms. The molecule has 0 spiro atoms. The van der Waals surface area contributed by atoms with E-state index in [4.69, 9.17) is 5.11 Å². The SMILES string of the molecule is COC(=O)C1CSC(C(O)C(O)C(O)C(O)CO)N1C(C)=O. The number of ether oxygens (including phenoxy) is 1. The first-order valence-corrected chi connectivity index (χ1v) is 7.62. The zero-order valence-corrected chi connectivity index (χ0v) is 13.0. The molecule has 1 aliphatic rings. The van der Waals surface area contributed by atoms with E-state index in [9.17, 15) is 30.0 Å². The molecular formula is C12H21NO8S. The predicted molar refractivity (Wildman–Crippen MR) is 75.7 cm³/mol. The molecule has 0 aliphatic carbocycles. The van der Waals surface area contributed by atoms with Crippen LogP contribution >= 0.6 is 11.8 Å². The maximum atomic E-state index is 11.7. The number of carbonyl (C=O) groups is 2. The first-order valence-electron chi connectivity index (χ1n) is 6.57. The molecule has 128 valence electrons. The molecule has 1 fully saturated rings. The second-order valence-corrected chi connectivity index (χ2v) is 6.06. The Bertz CT molecular complexity index is 409. The predicted octanol–water partition coefficient (Wildman–Crippen LogP) is -3.11. The molecule has 5 N–H and O–H groups in total. The van der Waals surface area contributed by atoms with E-state index in [0.717, 1.165) is 16.7 Å². The minimum absolute atomic E-state index is 0.166. The average molecular weight is 339 g/mol. The largest absolute Gasteiger partial charge is 0.467 e. The molecule has 0 aromatic carbocycles. The highest BCUT2D eigenvalue weighted by atomic mass is 32.2. The molecule has 6 unspecified atom stereocenters. The Hall–Kier alpha value is -0.910. The molecule has 1 amide bonds. The molecule has 6 atom stereocenters. The summed E-state index contributed by atoms with van der Waals surface area (Å²) in [4.78, 5) is 24.5. The van der Waals surface area contributed by atoms with Gasteiger partial charge in [-0.25, -0.2) is 4.79 Å². The lowest BCUT2D eigenvalue weighted by atomic mass is 10.0. The molecule has 1 heterocycles. The van der Waals surface area contributed by atoms with E-state index in [1.54, 1.807) is 0 Å². The lowest BCUT2D eigenvalue weighted by Gasteiger charge is -2.34. The Kier molecular flexibility index (Phi) is 7.03. The van der Waals surface area contributed by atoms with Gasteiger partial charge in [-0.05, 0) is 0 Å². The van der Waals surface area contributed by atoms with Gasteiger partial charge in [0.05, 0.1) is 13.7 Å². The highest BCUT2D eigenvalue weighted by Gasteiger charge is 2.47. The highest BCUT2D eigenvalue weighted by Crippen LogP contribution is 2.33. The van der Waals surface area contributed by atoms with E-state index >= 15 is 0 Å². The normalized spacial score (nSPS) is 27.1. The molecular weight excluding hydrogens is 318 g/mol. The number of nitrogens with zero attached hydrogens (tertiary/aromatic N) is 1. The van der Waals surface area contributed by atoms with Crippen molar-refractivity contribution in [3.63, 3.8) is 0 Å². The molecule has 0 aromatic heterocycles. The van der Waals surface area contributed by atoms with E-state index in [-0.39, 0.29) is 5.75 Å². The van der Waals surface area contributed by atoms with Crippen LogP contribution in [0.3, 0.4) is 0 Å². The number of hydrogen-bond acceptors (Lipinski definition) is 9. The Morgan fingerprint density at radius 2 is 1.86 bits per heavy atom. The van der Waals surface area contributed by atoms with E-state index in [1.165, 1.54) is 14.0 Å². The van der Waals surface area contributed by atoms with Crippen molar-refractivity contribution in [2.75, 3.05) is 19.5 Å². The summed E-state index contributed by atoms with van der Waals surface area (Å²) in [5.41, 5.74) is 0. The zero-order valence-electron chi connectivity index (χ0n) is 12.2. The molecule has 0 aromatic rings. The number of thioether (sulfide) groups is 1. The fourth-order valence-corrected chi connectivity index (χ4v) is 3.70. The Morgan fingerprint density at radius 1 is 1.27 bits per heavy atom. The molecule has 22 heavy (non-hydrogen) atoms. The van der Waals surface area contributed by atoms with Crippen LogP contribution in [0.2, 0.25) is 0 Å². The highest BCUT2D eigenvalue weighted by molar-refractivity contribution is 8.00. The van der Waals surface area contributed by atoms with Crippen molar-refractivity contribution in [2.45, 2.75) is 42.8 Å². The molecule has 0 bridgehead atoms. The number of rotatable bonds is 6. The number of esters is 1. The summed E-state index contributed by atoms with van der Waals surface area (Å²) in [6, 6.07) is -0.903. The Balaban J connectivity index is 2.90. The van der Waals surface area contributed by atoms with Gasteiger partial charge in [0.1, 0.15) is 35.8 Å². The van der Waals surface area contributed by atoms with Gasteiger partial charge in [-0.15, -0.1) is 11.8 Å². The van der Waals surface area contributed by atoms with Crippen molar-refractivity contribution in [1.82, 2.24) is 4.90 Å². The molecule has 1 saturated heterocycles. The van der Waals surface area contributed by atoms with Gasteiger partial charge in [0.25, 0.3) is 0 Å². The van der Waals surface area contributed by atoms with E-state index in [0.29, 0.717) is 0 Å². The van der Waals surface area contributed by atoms with Crippen molar-refractivity contribution >= 4 is 23.6 Å². The maximum absolute atomic E-state index is 11.7. The minimum Gasteiger partial charge on any atom is -0.467 e. The monoisotopic (exact) mass is 339 g/mol. The second-order valence-electron chi connectivity index (χ2n) is 4.91. The second kappa shape index (κ2) is 8.09. The summed E-state index contributed by atoms with van der Waals surface area (Å²) < 4.78 is 4.59. The summed E-state index contributed by atoms with van der Waals surface area (Å²) in [7, 11) is 1.17. The number of aliphatic hydroxyl groups excluding tert-OH is 5. The van der Waals surface area contributed by atoms with E-state index < -0.39 is 54.3 Å². The van der Waals surface area contributed by atoms with Crippen LogP contribution in [0.5, 0.6) is 0 Å². The van der Waals surface area contributed by atoms with Gasteiger partial charge in [0, 0.05) is 12.7 Å². The summed E-state index contributed by atoms with van der Waals surface area (Å²) in [5.74, 6) is -0.990. The van der Waals surface area contributed by atoms with Crippen LogP contribution in [0.1, 0.15) is 6.92 Å². The number of carbonyl (C=O) groups excluding carboxylic acids is 2. The van der Waals surface area contributed by atoms with Crippen LogP contribution in [0.4, 0.5) is 0 Å². The van der Waals surface area contributed by atoms with Gasteiger partial charge < -0.3 is 35.2 Å². The lowest BCUT2D eigenvalue weighted by molar-refractivity contribution is -0.156. The third-order valence-corrected chi connectivity index (χ3v) is 4.80. The van der Waals surface area contributed by atoms with Crippen LogP contribution in [0.25, 0.3) is 0 Å². The van der Waals surface area contributed by atoms with Gasteiger partial charge in [0.2, 0.25) is 5.91 Å². The standard InChI is InChI=1S/C12H21NO8S/c1-5(15)13-6(12(20)21-2)4-22-11(13)10(19)9(18)8(17)7(16)3-14/h6-11,14,16-19H,3-4H2,1-2H3. The van der Waals surface area contributed by atoms with Crippen molar-refractivity contribution in [3.8, 4) is 0 Å². The number of methoxy groups -OCH3 is 1. The van der Waals surface area contributed by atoms with Crippen LogP contribution in [0, 0.1) is 0 Å². The van der Waals surface area contributed by atoms with Gasteiger partial charge >= 0.3 is 5.97 Å². The van der Waals surface area contributed by atoms with Crippen LogP contribution in [-0.2, 0) is 14.3 Å². The topological polar surface area (TPSA) is 148 Å².